The predicted octanol–water partition coefficient (Wildman–Crippen LogP) is 3.88. The lowest BCUT2D eigenvalue weighted by molar-refractivity contribution is -0.125. The zero-order valence-corrected chi connectivity index (χ0v) is 15.5. The Kier molecular flexibility index (Phi) is 7.50. The maximum absolute atomic E-state index is 14.7. The first-order valence-corrected chi connectivity index (χ1v) is 9.54. The molecule has 164 valence electrons. The Morgan fingerprint density at radius 1 is 1.28 bits per heavy atom. The lowest BCUT2D eigenvalue weighted by Crippen LogP contribution is -2.51. The first kappa shape index (κ1) is 23.8. The summed E-state index contributed by atoms with van der Waals surface area (Å²) in [7, 11) is 0. The summed E-state index contributed by atoms with van der Waals surface area (Å²) in [6.07, 6.45) is -4.83. The number of aliphatic imine (C=N–C) groups is 1. The predicted molar refractivity (Wildman–Crippen MR) is 100 cm³/mol. The van der Waals surface area contributed by atoms with Crippen LogP contribution < -0.4 is 11.1 Å². The minimum Gasteiger partial charge on any atom is -0.379 e. The third-order valence-electron chi connectivity index (χ3n) is 4.92. The molecule has 1 saturated heterocycles. The van der Waals surface area contributed by atoms with Crippen molar-refractivity contribution < 1.29 is 31.1 Å². The Morgan fingerprint density at radius 2 is 2.00 bits per heavy atom. The van der Waals surface area contributed by atoms with E-state index >= 15 is 0 Å². The van der Waals surface area contributed by atoms with Gasteiger partial charge in [-0.2, -0.15) is 13.2 Å². The number of alkyl halides is 4. The highest BCUT2D eigenvalue weighted by Gasteiger charge is 2.49. The SMILES string of the molecule is C.NC1=N[C@@]2(c3cc(CNCC(F)(F)F)c(F)cc3F)CO[C@@H](CF)C[C@H]2CS1. The van der Waals surface area contributed by atoms with E-state index in [2.05, 4.69) is 10.3 Å². The number of nitrogens with two attached hydrogens (primary N) is 1. The summed E-state index contributed by atoms with van der Waals surface area (Å²) in [5.41, 5.74) is 4.42. The highest BCUT2D eigenvalue weighted by Crippen LogP contribution is 2.47. The molecule has 0 saturated carbocycles. The van der Waals surface area contributed by atoms with Gasteiger partial charge in [-0.3, -0.25) is 0 Å². The van der Waals surface area contributed by atoms with Gasteiger partial charge in [-0.1, -0.05) is 19.2 Å². The Morgan fingerprint density at radius 3 is 2.66 bits per heavy atom. The Labute approximate surface area is 169 Å². The van der Waals surface area contributed by atoms with Gasteiger partial charge in [-0.05, 0) is 12.5 Å². The number of thioether (sulfide) groups is 1. The van der Waals surface area contributed by atoms with E-state index in [-0.39, 0.29) is 42.7 Å². The number of benzene rings is 1. The molecule has 0 spiro atoms. The fraction of sp³-hybridized carbons (Fsp3) is 0.611. The fourth-order valence-corrected chi connectivity index (χ4v) is 4.56. The van der Waals surface area contributed by atoms with Gasteiger partial charge >= 0.3 is 6.18 Å². The van der Waals surface area contributed by atoms with Crippen molar-refractivity contribution in [2.24, 2.45) is 16.6 Å². The van der Waals surface area contributed by atoms with Gasteiger partial charge in [-0.15, -0.1) is 0 Å². The van der Waals surface area contributed by atoms with E-state index in [1.807, 2.05) is 0 Å². The third kappa shape index (κ3) is 5.18. The van der Waals surface area contributed by atoms with Crippen molar-refractivity contribution >= 4 is 16.9 Å². The van der Waals surface area contributed by atoms with Gasteiger partial charge in [0.1, 0.15) is 23.8 Å². The molecule has 4 nitrogen and oxygen atoms in total. The van der Waals surface area contributed by atoms with Crippen molar-refractivity contribution in [3.05, 3.63) is 34.9 Å². The second-order valence-corrected chi connectivity index (χ2v) is 7.89. The monoisotopic (exact) mass is 443 g/mol. The molecule has 1 aromatic carbocycles. The number of fused-ring (bicyclic) bond motifs is 1. The van der Waals surface area contributed by atoms with Crippen LogP contribution in [0.3, 0.4) is 0 Å². The van der Waals surface area contributed by atoms with Gasteiger partial charge in [0.2, 0.25) is 0 Å². The highest BCUT2D eigenvalue weighted by molar-refractivity contribution is 8.13. The van der Waals surface area contributed by atoms with Crippen LogP contribution in [0.4, 0.5) is 26.3 Å². The van der Waals surface area contributed by atoms with E-state index in [1.54, 1.807) is 0 Å². The molecule has 2 aliphatic rings. The molecule has 0 aliphatic carbocycles. The summed E-state index contributed by atoms with van der Waals surface area (Å²) in [6.45, 7) is -2.60. The Bertz CT molecular complexity index is 760. The molecule has 3 rings (SSSR count). The lowest BCUT2D eigenvalue weighted by atomic mass is 9.74. The molecule has 1 aromatic rings. The molecule has 0 unspecified atom stereocenters. The number of halogens is 6. The van der Waals surface area contributed by atoms with E-state index < -0.39 is 49.2 Å². The van der Waals surface area contributed by atoms with Crippen molar-refractivity contribution in [2.75, 3.05) is 25.6 Å². The van der Waals surface area contributed by atoms with Gasteiger partial charge in [0.15, 0.2) is 5.17 Å². The topological polar surface area (TPSA) is 59.6 Å². The number of hydrogen-bond acceptors (Lipinski definition) is 5. The summed E-state index contributed by atoms with van der Waals surface area (Å²) in [4.78, 5) is 4.37. The second kappa shape index (κ2) is 9.13. The van der Waals surface area contributed by atoms with Crippen LogP contribution in [0.1, 0.15) is 25.0 Å². The molecular formula is C18H23F6N3OS. The van der Waals surface area contributed by atoms with Crippen LogP contribution in [-0.4, -0.2) is 43.0 Å². The molecule has 0 radical (unpaired) electrons. The molecule has 0 bridgehead atoms. The minimum absolute atomic E-state index is 0. The van der Waals surface area contributed by atoms with Crippen LogP contribution in [0.25, 0.3) is 0 Å². The molecule has 0 aromatic heterocycles. The number of amidine groups is 1. The summed E-state index contributed by atoms with van der Waals surface area (Å²) in [5.74, 6) is -1.72. The number of rotatable bonds is 5. The van der Waals surface area contributed by atoms with Crippen molar-refractivity contribution in [1.82, 2.24) is 5.32 Å². The molecule has 29 heavy (non-hydrogen) atoms. The zero-order chi connectivity index (χ0) is 20.5. The lowest BCUT2D eigenvalue weighted by Gasteiger charge is -2.46. The van der Waals surface area contributed by atoms with Crippen molar-refractivity contribution in [3.63, 3.8) is 0 Å². The summed E-state index contributed by atoms with van der Waals surface area (Å²) < 4.78 is 84.4. The maximum atomic E-state index is 14.7. The molecule has 1 fully saturated rings. The first-order chi connectivity index (χ1) is 13.1. The van der Waals surface area contributed by atoms with Gasteiger partial charge in [0, 0.05) is 35.4 Å². The van der Waals surface area contributed by atoms with E-state index in [9.17, 15) is 26.3 Å². The van der Waals surface area contributed by atoms with E-state index in [1.165, 1.54) is 11.8 Å². The highest BCUT2D eigenvalue weighted by atomic mass is 32.2. The standard InChI is InChI=1S/C17H19F6N3OS.CH4/c18-4-11-2-10-6-28-15(24)26-16(10,8-27-11)12-1-9(13(19)3-14(12)20)5-25-7-17(21,22)23;/h1,3,10-11,25H,2,4-8H2,(H2,24,26);1H4/t10-,11+,16-;/m0./s1. The Balaban J connectivity index is 0.00000300. The van der Waals surface area contributed by atoms with E-state index in [0.717, 1.165) is 6.07 Å². The quantitative estimate of drug-likeness (QED) is 0.678. The van der Waals surface area contributed by atoms with Crippen LogP contribution in [0.15, 0.2) is 17.1 Å². The summed E-state index contributed by atoms with van der Waals surface area (Å²) >= 11 is 1.26. The summed E-state index contributed by atoms with van der Waals surface area (Å²) in [6, 6.07) is 1.79. The van der Waals surface area contributed by atoms with Crippen molar-refractivity contribution in [2.45, 2.75) is 38.2 Å². The molecule has 2 heterocycles. The number of nitrogens with zero attached hydrogens (tertiary/aromatic N) is 1. The molecule has 3 atom stereocenters. The number of nitrogens with one attached hydrogen (secondary N) is 1. The second-order valence-electron chi connectivity index (χ2n) is 6.85. The van der Waals surface area contributed by atoms with Crippen molar-refractivity contribution in [3.8, 4) is 0 Å². The molecule has 11 heteroatoms. The van der Waals surface area contributed by atoms with Crippen LogP contribution >= 0.6 is 11.8 Å². The third-order valence-corrected chi connectivity index (χ3v) is 5.88. The minimum atomic E-state index is -4.46. The molecular weight excluding hydrogens is 420 g/mol. The molecule has 0 amide bonds. The summed E-state index contributed by atoms with van der Waals surface area (Å²) in [5, 5.41) is 2.29. The smallest absolute Gasteiger partial charge is 0.379 e. The number of hydrogen-bond donors (Lipinski definition) is 2. The zero-order valence-electron chi connectivity index (χ0n) is 14.7. The van der Waals surface area contributed by atoms with Crippen LogP contribution in [0.2, 0.25) is 0 Å². The van der Waals surface area contributed by atoms with Gasteiger partial charge in [-0.25, -0.2) is 18.2 Å². The number of ether oxygens (including phenoxy) is 1. The van der Waals surface area contributed by atoms with E-state index in [0.29, 0.717) is 11.8 Å². The van der Waals surface area contributed by atoms with Crippen molar-refractivity contribution in [1.29, 1.82) is 0 Å². The maximum Gasteiger partial charge on any atom is 0.401 e. The van der Waals surface area contributed by atoms with Gasteiger partial charge in [0.05, 0.1) is 19.3 Å². The van der Waals surface area contributed by atoms with Crippen LogP contribution in [0, 0.1) is 17.6 Å². The molecule has 3 N–H and O–H groups in total. The molecule has 2 aliphatic heterocycles. The first-order valence-electron chi connectivity index (χ1n) is 8.56. The fourth-order valence-electron chi connectivity index (χ4n) is 3.55. The largest absolute Gasteiger partial charge is 0.401 e. The Hall–Kier alpha value is -1.46. The van der Waals surface area contributed by atoms with E-state index in [4.69, 9.17) is 10.5 Å². The average molecular weight is 443 g/mol. The normalized spacial score (nSPS) is 27.0. The van der Waals surface area contributed by atoms with Crippen LogP contribution in [0.5, 0.6) is 0 Å². The van der Waals surface area contributed by atoms with Crippen LogP contribution in [-0.2, 0) is 16.8 Å². The van der Waals surface area contributed by atoms with Gasteiger partial charge in [0.25, 0.3) is 0 Å². The van der Waals surface area contributed by atoms with Gasteiger partial charge < -0.3 is 15.8 Å². The average Bonchev–Trinajstić information content (AvgIpc) is 2.61.